The summed E-state index contributed by atoms with van der Waals surface area (Å²) in [5.74, 6) is 0.0914. The predicted molar refractivity (Wildman–Crippen MR) is 81.2 cm³/mol. The SMILES string of the molecule is CCC(C)(C)NC(=O)CN1C(=O)COc2cc(N)ccc21. The van der Waals surface area contributed by atoms with Crippen LogP contribution in [0.1, 0.15) is 27.2 Å². The number of fused-ring (bicyclic) bond motifs is 1. The van der Waals surface area contributed by atoms with E-state index >= 15 is 0 Å². The van der Waals surface area contributed by atoms with Gasteiger partial charge in [0.05, 0.1) is 5.69 Å². The van der Waals surface area contributed by atoms with Crippen LogP contribution in [-0.4, -0.2) is 30.5 Å². The highest BCUT2D eigenvalue weighted by molar-refractivity contribution is 6.02. The van der Waals surface area contributed by atoms with Gasteiger partial charge in [-0.1, -0.05) is 6.92 Å². The molecule has 0 atom stereocenters. The molecule has 0 aliphatic carbocycles. The van der Waals surface area contributed by atoms with Crippen LogP contribution in [0.4, 0.5) is 11.4 Å². The van der Waals surface area contributed by atoms with Gasteiger partial charge in [-0.05, 0) is 32.4 Å². The predicted octanol–water partition coefficient (Wildman–Crippen LogP) is 1.30. The average Bonchev–Trinajstić information content (AvgIpc) is 2.41. The van der Waals surface area contributed by atoms with Gasteiger partial charge in [-0.15, -0.1) is 0 Å². The molecular weight excluding hydrogens is 270 g/mol. The molecule has 0 spiro atoms. The fourth-order valence-electron chi connectivity index (χ4n) is 2.04. The van der Waals surface area contributed by atoms with Crippen molar-refractivity contribution in [3.63, 3.8) is 0 Å². The summed E-state index contributed by atoms with van der Waals surface area (Å²) in [6, 6.07) is 5.03. The summed E-state index contributed by atoms with van der Waals surface area (Å²) in [7, 11) is 0. The molecule has 0 bridgehead atoms. The van der Waals surface area contributed by atoms with Crippen molar-refractivity contribution in [2.75, 3.05) is 23.8 Å². The number of benzene rings is 1. The third kappa shape index (κ3) is 3.45. The van der Waals surface area contributed by atoms with Gasteiger partial charge in [-0.3, -0.25) is 14.5 Å². The van der Waals surface area contributed by atoms with E-state index in [1.165, 1.54) is 4.90 Å². The summed E-state index contributed by atoms with van der Waals surface area (Å²) in [6.45, 7) is 5.78. The number of hydrogen-bond donors (Lipinski definition) is 2. The van der Waals surface area contributed by atoms with E-state index in [0.29, 0.717) is 17.1 Å². The Balaban J connectivity index is 2.17. The Labute approximate surface area is 124 Å². The molecule has 1 aromatic carbocycles. The lowest BCUT2D eigenvalue weighted by molar-refractivity contribution is -0.126. The molecule has 0 unspecified atom stereocenters. The number of amides is 2. The number of ether oxygens (including phenoxy) is 1. The molecule has 3 N–H and O–H groups in total. The van der Waals surface area contributed by atoms with Crippen molar-refractivity contribution in [3.05, 3.63) is 18.2 Å². The van der Waals surface area contributed by atoms with E-state index in [-0.39, 0.29) is 30.5 Å². The van der Waals surface area contributed by atoms with Crippen molar-refractivity contribution in [2.45, 2.75) is 32.7 Å². The molecule has 1 aromatic rings. The molecule has 1 aliphatic rings. The number of rotatable bonds is 4. The molecule has 0 aromatic heterocycles. The topological polar surface area (TPSA) is 84.7 Å². The number of carbonyl (C=O) groups is 2. The van der Waals surface area contributed by atoms with Crippen LogP contribution in [0.5, 0.6) is 5.75 Å². The molecule has 6 heteroatoms. The number of nitrogens with zero attached hydrogens (tertiary/aromatic N) is 1. The summed E-state index contributed by atoms with van der Waals surface area (Å²) in [5.41, 5.74) is 6.54. The van der Waals surface area contributed by atoms with E-state index in [1.54, 1.807) is 18.2 Å². The van der Waals surface area contributed by atoms with Gasteiger partial charge < -0.3 is 15.8 Å². The quantitative estimate of drug-likeness (QED) is 0.819. The second-order valence-corrected chi connectivity index (χ2v) is 5.78. The molecule has 2 amide bonds. The molecule has 0 saturated heterocycles. The number of anilines is 2. The number of carbonyl (C=O) groups excluding carboxylic acids is 2. The maximum absolute atomic E-state index is 12.1. The van der Waals surface area contributed by atoms with Crippen LogP contribution >= 0.6 is 0 Å². The second kappa shape index (κ2) is 5.63. The molecule has 1 aliphatic heterocycles. The van der Waals surface area contributed by atoms with E-state index in [2.05, 4.69) is 5.32 Å². The Morgan fingerprint density at radius 1 is 1.48 bits per heavy atom. The van der Waals surface area contributed by atoms with Gasteiger partial charge in [0.1, 0.15) is 12.3 Å². The largest absolute Gasteiger partial charge is 0.481 e. The van der Waals surface area contributed by atoms with E-state index in [1.807, 2.05) is 20.8 Å². The highest BCUT2D eigenvalue weighted by Gasteiger charge is 2.28. The summed E-state index contributed by atoms with van der Waals surface area (Å²) >= 11 is 0. The Hall–Kier alpha value is -2.24. The summed E-state index contributed by atoms with van der Waals surface area (Å²) in [4.78, 5) is 25.6. The van der Waals surface area contributed by atoms with Crippen LogP contribution in [0, 0.1) is 0 Å². The first-order valence-corrected chi connectivity index (χ1v) is 6.96. The average molecular weight is 291 g/mol. The summed E-state index contributed by atoms with van der Waals surface area (Å²) in [5, 5.41) is 2.92. The van der Waals surface area contributed by atoms with Crippen LogP contribution in [0.3, 0.4) is 0 Å². The molecular formula is C15H21N3O3. The van der Waals surface area contributed by atoms with E-state index in [4.69, 9.17) is 10.5 Å². The zero-order chi connectivity index (χ0) is 15.6. The Kier molecular flexibility index (Phi) is 4.06. The first-order valence-electron chi connectivity index (χ1n) is 6.96. The van der Waals surface area contributed by atoms with Gasteiger partial charge in [0.2, 0.25) is 5.91 Å². The Bertz CT molecular complexity index is 569. The van der Waals surface area contributed by atoms with Gasteiger partial charge in [0.15, 0.2) is 6.61 Å². The highest BCUT2D eigenvalue weighted by atomic mass is 16.5. The number of hydrogen-bond acceptors (Lipinski definition) is 4. The minimum Gasteiger partial charge on any atom is -0.481 e. The Morgan fingerprint density at radius 2 is 2.19 bits per heavy atom. The van der Waals surface area contributed by atoms with Gasteiger partial charge in [-0.25, -0.2) is 0 Å². The zero-order valence-electron chi connectivity index (χ0n) is 12.6. The smallest absolute Gasteiger partial charge is 0.265 e. The standard InChI is InChI=1S/C15H21N3O3/c1-4-15(2,3)17-13(19)8-18-11-6-5-10(16)7-12(11)21-9-14(18)20/h5-7H,4,8-9,16H2,1-3H3,(H,17,19). The maximum Gasteiger partial charge on any atom is 0.265 e. The molecule has 0 fully saturated rings. The normalized spacial score (nSPS) is 14.4. The Morgan fingerprint density at radius 3 is 2.86 bits per heavy atom. The summed E-state index contributed by atoms with van der Waals surface area (Å²) in [6.07, 6.45) is 0.808. The van der Waals surface area contributed by atoms with Crippen LogP contribution in [0.25, 0.3) is 0 Å². The van der Waals surface area contributed by atoms with Crippen LogP contribution in [0.15, 0.2) is 18.2 Å². The third-order valence-electron chi connectivity index (χ3n) is 3.59. The molecule has 0 radical (unpaired) electrons. The second-order valence-electron chi connectivity index (χ2n) is 5.78. The van der Waals surface area contributed by atoms with Crippen LogP contribution in [-0.2, 0) is 9.59 Å². The minimum atomic E-state index is -0.295. The maximum atomic E-state index is 12.1. The van der Waals surface area contributed by atoms with Crippen molar-refractivity contribution in [1.29, 1.82) is 0 Å². The number of nitrogens with two attached hydrogens (primary N) is 1. The molecule has 0 saturated carbocycles. The van der Waals surface area contributed by atoms with E-state index in [9.17, 15) is 9.59 Å². The molecule has 21 heavy (non-hydrogen) atoms. The number of nitrogens with one attached hydrogen (secondary N) is 1. The van der Waals surface area contributed by atoms with Gasteiger partial charge in [0.25, 0.3) is 5.91 Å². The number of nitrogen functional groups attached to an aromatic ring is 1. The van der Waals surface area contributed by atoms with Crippen molar-refractivity contribution in [3.8, 4) is 5.75 Å². The minimum absolute atomic E-state index is 0.0253. The molecule has 2 rings (SSSR count). The van der Waals surface area contributed by atoms with Crippen molar-refractivity contribution in [2.24, 2.45) is 0 Å². The van der Waals surface area contributed by atoms with Crippen LogP contribution < -0.4 is 20.7 Å². The van der Waals surface area contributed by atoms with Crippen molar-refractivity contribution >= 4 is 23.2 Å². The van der Waals surface area contributed by atoms with Crippen LogP contribution in [0.2, 0.25) is 0 Å². The van der Waals surface area contributed by atoms with Crippen molar-refractivity contribution in [1.82, 2.24) is 5.32 Å². The van der Waals surface area contributed by atoms with Gasteiger partial charge in [-0.2, -0.15) is 0 Å². The molecule has 6 nitrogen and oxygen atoms in total. The first-order chi connectivity index (χ1) is 9.82. The van der Waals surface area contributed by atoms with E-state index < -0.39 is 0 Å². The van der Waals surface area contributed by atoms with Gasteiger partial charge >= 0.3 is 0 Å². The lowest BCUT2D eigenvalue weighted by atomic mass is 10.0. The fraction of sp³-hybridized carbons (Fsp3) is 0.467. The molecule has 1 heterocycles. The lowest BCUT2D eigenvalue weighted by Crippen LogP contribution is -2.50. The van der Waals surface area contributed by atoms with E-state index in [0.717, 1.165) is 6.42 Å². The first kappa shape index (κ1) is 15.2. The highest BCUT2D eigenvalue weighted by Crippen LogP contribution is 2.33. The van der Waals surface area contributed by atoms with Gasteiger partial charge in [0, 0.05) is 17.3 Å². The lowest BCUT2D eigenvalue weighted by Gasteiger charge is -2.31. The molecule has 114 valence electrons. The van der Waals surface area contributed by atoms with Crippen molar-refractivity contribution < 1.29 is 14.3 Å². The third-order valence-corrected chi connectivity index (χ3v) is 3.59. The zero-order valence-corrected chi connectivity index (χ0v) is 12.6. The summed E-state index contributed by atoms with van der Waals surface area (Å²) < 4.78 is 5.35. The fourth-order valence-corrected chi connectivity index (χ4v) is 2.04. The monoisotopic (exact) mass is 291 g/mol.